The van der Waals surface area contributed by atoms with E-state index in [1.54, 1.807) is 25.1 Å². The van der Waals surface area contributed by atoms with Crippen LogP contribution in [0.4, 0.5) is 0 Å². The topological polar surface area (TPSA) is 91.2 Å². The average Bonchev–Trinajstić information content (AvgIpc) is 2.84. The maximum Gasteiger partial charge on any atom is 0.336 e. The molecule has 0 spiro atoms. The minimum atomic E-state index is -0.665. The largest absolute Gasteiger partial charge is 0.461 e. The Balaban J connectivity index is 1.94. The minimum Gasteiger partial charge on any atom is -0.461 e. The molecule has 0 fully saturated rings. The molecule has 2 atom stereocenters. The number of nitriles is 1. The third kappa shape index (κ3) is 6.32. The molecule has 1 aliphatic rings. The second-order valence-corrected chi connectivity index (χ2v) is 8.90. The van der Waals surface area contributed by atoms with E-state index in [4.69, 9.17) is 21.6 Å². The lowest BCUT2D eigenvalue weighted by Crippen LogP contribution is -2.38. The number of amides is 1. The van der Waals surface area contributed by atoms with E-state index in [1.807, 2.05) is 37.3 Å². The van der Waals surface area contributed by atoms with E-state index in [9.17, 15) is 9.59 Å². The SMILES string of the molecule is CCC(CNC(=O)C1=C(C)NC(C)=C(C(=O)OCCC#N)C1c1cccc(Cl)c1)c1ccccc1. The van der Waals surface area contributed by atoms with E-state index in [1.165, 1.54) is 0 Å². The molecular weight excluding hydrogens is 462 g/mol. The maximum absolute atomic E-state index is 13.6. The summed E-state index contributed by atoms with van der Waals surface area (Å²) in [6.45, 7) is 6.13. The van der Waals surface area contributed by atoms with E-state index >= 15 is 0 Å². The van der Waals surface area contributed by atoms with Gasteiger partial charge in [-0.3, -0.25) is 4.79 Å². The molecule has 0 bridgehead atoms. The number of ether oxygens (including phenoxy) is 1. The number of dihydropyridines is 1. The molecule has 182 valence electrons. The lowest BCUT2D eigenvalue weighted by atomic mass is 9.80. The molecule has 7 heteroatoms. The van der Waals surface area contributed by atoms with Gasteiger partial charge >= 0.3 is 5.97 Å². The van der Waals surface area contributed by atoms with Crippen molar-refractivity contribution < 1.29 is 14.3 Å². The smallest absolute Gasteiger partial charge is 0.336 e. The molecule has 0 aliphatic carbocycles. The van der Waals surface area contributed by atoms with Gasteiger partial charge in [0.1, 0.15) is 6.61 Å². The number of hydrogen-bond acceptors (Lipinski definition) is 5. The van der Waals surface area contributed by atoms with Gasteiger partial charge in [-0.1, -0.05) is 61.0 Å². The minimum absolute atomic E-state index is 0.0200. The summed E-state index contributed by atoms with van der Waals surface area (Å²) >= 11 is 6.28. The summed E-state index contributed by atoms with van der Waals surface area (Å²) in [6.07, 6.45) is 0.960. The Kier molecular flexibility index (Phi) is 9.11. The second kappa shape index (κ2) is 12.2. The van der Waals surface area contributed by atoms with Gasteiger partial charge in [-0.2, -0.15) is 5.26 Å². The fourth-order valence-corrected chi connectivity index (χ4v) is 4.59. The molecule has 1 aliphatic heterocycles. The second-order valence-electron chi connectivity index (χ2n) is 8.46. The van der Waals surface area contributed by atoms with Crippen LogP contribution in [0.5, 0.6) is 0 Å². The highest BCUT2D eigenvalue weighted by molar-refractivity contribution is 6.30. The standard InChI is InChI=1S/C28H30ClN3O3/c1-4-20(21-10-6-5-7-11-21)17-31-27(33)24-18(2)32-19(3)25(28(34)35-15-9-14-30)26(24)22-12-8-13-23(29)16-22/h5-8,10-13,16,20,26,32H,4,9,15,17H2,1-3H3,(H,31,33). The number of nitrogens with zero attached hydrogens (tertiary/aromatic N) is 1. The summed E-state index contributed by atoms with van der Waals surface area (Å²) in [6, 6.07) is 19.2. The van der Waals surface area contributed by atoms with Gasteiger partial charge in [0.05, 0.1) is 24.0 Å². The van der Waals surface area contributed by atoms with E-state index in [0.29, 0.717) is 39.7 Å². The molecule has 2 aromatic rings. The maximum atomic E-state index is 13.6. The van der Waals surface area contributed by atoms with Gasteiger partial charge in [0, 0.05) is 34.5 Å². The molecule has 2 aromatic carbocycles. The zero-order chi connectivity index (χ0) is 25.4. The van der Waals surface area contributed by atoms with Gasteiger partial charge in [-0.05, 0) is 43.5 Å². The number of carbonyl (C=O) groups is 2. The Labute approximate surface area is 211 Å². The molecule has 0 aromatic heterocycles. The van der Waals surface area contributed by atoms with E-state index < -0.39 is 11.9 Å². The first kappa shape index (κ1) is 26.1. The fraction of sp³-hybridized carbons (Fsp3) is 0.321. The number of rotatable bonds is 9. The molecule has 3 rings (SSSR count). The van der Waals surface area contributed by atoms with Crippen LogP contribution in [0.15, 0.2) is 77.1 Å². The molecule has 0 saturated heterocycles. The number of hydrogen-bond donors (Lipinski definition) is 2. The van der Waals surface area contributed by atoms with Crippen molar-refractivity contribution in [2.45, 2.75) is 45.4 Å². The summed E-state index contributed by atoms with van der Waals surface area (Å²) in [7, 11) is 0. The summed E-state index contributed by atoms with van der Waals surface area (Å²) in [5.41, 5.74) is 3.90. The van der Waals surface area contributed by atoms with Crippen molar-refractivity contribution in [3.8, 4) is 6.07 Å². The Bertz CT molecular complexity index is 1180. The molecule has 0 radical (unpaired) electrons. The molecule has 35 heavy (non-hydrogen) atoms. The lowest BCUT2D eigenvalue weighted by Gasteiger charge is -2.31. The third-order valence-corrected chi connectivity index (χ3v) is 6.36. The van der Waals surface area contributed by atoms with Crippen LogP contribution in [-0.4, -0.2) is 25.0 Å². The molecule has 1 amide bonds. The Morgan fingerprint density at radius 1 is 1.11 bits per heavy atom. The summed E-state index contributed by atoms with van der Waals surface area (Å²) in [5, 5.41) is 15.6. The van der Waals surface area contributed by atoms with Crippen LogP contribution in [0.3, 0.4) is 0 Å². The average molecular weight is 492 g/mol. The normalized spacial score (nSPS) is 16.3. The van der Waals surface area contributed by atoms with Gasteiger partial charge in [0.2, 0.25) is 5.91 Å². The Hall–Kier alpha value is -3.56. The van der Waals surface area contributed by atoms with Crippen LogP contribution in [-0.2, 0) is 14.3 Å². The number of halogens is 1. The first-order valence-corrected chi connectivity index (χ1v) is 12.1. The van der Waals surface area contributed by atoms with Crippen molar-refractivity contribution in [3.05, 3.63) is 93.3 Å². The van der Waals surface area contributed by atoms with Gasteiger partial charge < -0.3 is 15.4 Å². The van der Waals surface area contributed by atoms with E-state index in [0.717, 1.165) is 12.0 Å². The van der Waals surface area contributed by atoms with Crippen molar-refractivity contribution in [1.29, 1.82) is 5.26 Å². The monoisotopic (exact) mass is 491 g/mol. The fourth-order valence-electron chi connectivity index (χ4n) is 4.39. The number of carbonyl (C=O) groups excluding carboxylic acids is 2. The van der Waals surface area contributed by atoms with Crippen LogP contribution < -0.4 is 10.6 Å². The zero-order valence-electron chi connectivity index (χ0n) is 20.2. The predicted octanol–water partition coefficient (Wildman–Crippen LogP) is 5.34. The first-order valence-electron chi connectivity index (χ1n) is 11.7. The summed E-state index contributed by atoms with van der Waals surface area (Å²) < 4.78 is 5.36. The zero-order valence-corrected chi connectivity index (χ0v) is 21.0. The molecular formula is C28H30ClN3O3. The number of benzene rings is 2. The summed E-state index contributed by atoms with van der Waals surface area (Å²) in [5.74, 6) is -1.33. The van der Waals surface area contributed by atoms with Crippen LogP contribution in [0.1, 0.15) is 56.6 Å². The number of allylic oxidation sites excluding steroid dienone is 2. The highest BCUT2D eigenvalue weighted by Crippen LogP contribution is 2.39. The van der Waals surface area contributed by atoms with Crippen molar-refractivity contribution in [3.63, 3.8) is 0 Å². The van der Waals surface area contributed by atoms with Gasteiger partial charge in [0.25, 0.3) is 0 Å². The quantitative estimate of drug-likeness (QED) is 0.365. The molecule has 2 unspecified atom stereocenters. The highest BCUT2D eigenvalue weighted by atomic mass is 35.5. The lowest BCUT2D eigenvalue weighted by molar-refractivity contribution is -0.139. The molecule has 2 N–H and O–H groups in total. The van der Waals surface area contributed by atoms with E-state index in [2.05, 4.69) is 29.7 Å². The van der Waals surface area contributed by atoms with Crippen molar-refractivity contribution >= 4 is 23.5 Å². The summed E-state index contributed by atoms with van der Waals surface area (Å²) in [4.78, 5) is 26.7. The number of nitrogens with one attached hydrogen (secondary N) is 2. The molecule has 6 nitrogen and oxygen atoms in total. The van der Waals surface area contributed by atoms with Gasteiger partial charge in [-0.15, -0.1) is 0 Å². The van der Waals surface area contributed by atoms with E-state index in [-0.39, 0.29) is 24.9 Å². The number of esters is 1. The van der Waals surface area contributed by atoms with Crippen LogP contribution in [0.2, 0.25) is 5.02 Å². The highest BCUT2D eigenvalue weighted by Gasteiger charge is 2.37. The van der Waals surface area contributed by atoms with Gasteiger partial charge in [-0.25, -0.2) is 4.79 Å². The Morgan fingerprint density at radius 2 is 1.83 bits per heavy atom. The van der Waals surface area contributed by atoms with Crippen molar-refractivity contribution in [2.75, 3.05) is 13.2 Å². The van der Waals surface area contributed by atoms with Crippen molar-refractivity contribution in [2.24, 2.45) is 0 Å². The predicted molar refractivity (Wildman–Crippen MR) is 136 cm³/mol. The van der Waals surface area contributed by atoms with Crippen LogP contribution in [0, 0.1) is 11.3 Å². The molecule has 0 saturated carbocycles. The van der Waals surface area contributed by atoms with Crippen LogP contribution in [0.25, 0.3) is 0 Å². The third-order valence-electron chi connectivity index (χ3n) is 6.13. The van der Waals surface area contributed by atoms with Gasteiger partial charge in [0.15, 0.2) is 0 Å². The van der Waals surface area contributed by atoms with Crippen molar-refractivity contribution in [1.82, 2.24) is 10.6 Å². The first-order chi connectivity index (χ1) is 16.9. The molecule has 1 heterocycles. The Morgan fingerprint density at radius 3 is 2.49 bits per heavy atom. The van der Waals surface area contributed by atoms with Crippen LogP contribution >= 0.6 is 11.6 Å².